The van der Waals surface area contributed by atoms with Crippen molar-refractivity contribution in [2.45, 2.75) is 20.4 Å². The van der Waals surface area contributed by atoms with Gasteiger partial charge in [-0.05, 0) is 49.2 Å². The molecule has 0 spiro atoms. The summed E-state index contributed by atoms with van der Waals surface area (Å²) < 4.78 is 1.86. The molecule has 3 aromatic rings. The fourth-order valence-corrected chi connectivity index (χ4v) is 3.93. The topological polar surface area (TPSA) is 79.0 Å². The number of carbonyl (C=O) groups is 2. The van der Waals surface area contributed by atoms with Crippen molar-refractivity contribution in [3.05, 3.63) is 75.1 Å². The highest BCUT2D eigenvalue weighted by Gasteiger charge is 2.32. The van der Waals surface area contributed by atoms with Gasteiger partial charge in [0.15, 0.2) is 0 Å². The van der Waals surface area contributed by atoms with Crippen molar-refractivity contribution in [2.75, 3.05) is 7.05 Å². The van der Waals surface area contributed by atoms with Crippen LogP contribution in [0.1, 0.15) is 43.2 Å². The van der Waals surface area contributed by atoms with Gasteiger partial charge >= 0.3 is 0 Å². The second kappa shape index (κ2) is 6.87. The highest BCUT2D eigenvalue weighted by atomic mass is 35.5. The Morgan fingerprint density at radius 1 is 1.07 bits per heavy atom. The van der Waals surface area contributed by atoms with Crippen LogP contribution < -0.4 is 0 Å². The lowest BCUT2D eigenvalue weighted by molar-refractivity contribution is 0.0693. The van der Waals surface area contributed by atoms with E-state index >= 15 is 0 Å². The average molecular weight is 405 g/mol. The summed E-state index contributed by atoms with van der Waals surface area (Å²) in [7, 11) is 1.49. The first kappa shape index (κ1) is 18.9. The Morgan fingerprint density at radius 3 is 2.48 bits per heavy atom. The Bertz CT molecular complexity index is 1240. The normalized spacial score (nSPS) is 13.0. The Labute approximate surface area is 172 Å². The first-order valence-electron chi connectivity index (χ1n) is 9.01. The number of nitriles is 1. The number of halogens is 1. The molecule has 144 valence electrons. The van der Waals surface area contributed by atoms with Gasteiger partial charge in [-0.2, -0.15) is 10.4 Å². The number of amides is 2. The van der Waals surface area contributed by atoms with E-state index < -0.39 is 0 Å². The second-order valence-electron chi connectivity index (χ2n) is 7.06. The molecule has 7 heteroatoms. The van der Waals surface area contributed by atoms with Crippen molar-refractivity contribution in [1.82, 2.24) is 14.7 Å². The molecule has 4 rings (SSSR count). The fraction of sp³-hybridized carbons (Fsp3) is 0.182. The number of carbonyl (C=O) groups excluding carboxylic acids is 2. The number of nitrogens with zero attached hydrogens (tertiary/aromatic N) is 4. The molecule has 0 atom stereocenters. The molecular formula is C22H17ClN4O2. The number of aryl methyl sites for hydroxylation is 1. The summed E-state index contributed by atoms with van der Waals surface area (Å²) in [6.45, 7) is 4.36. The van der Waals surface area contributed by atoms with Crippen LogP contribution in [0, 0.1) is 25.2 Å². The van der Waals surface area contributed by atoms with E-state index in [9.17, 15) is 9.59 Å². The van der Waals surface area contributed by atoms with Gasteiger partial charge in [0.2, 0.25) is 0 Å². The van der Waals surface area contributed by atoms with E-state index in [2.05, 4.69) is 11.2 Å². The zero-order chi connectivity index (χ0) is 20.9. The zero-order valence-corrected chi connectivity index (χ0v) is 16.9. The van der Waals surface area contributed by atoms with Gasteiger partial charge in [-0.15, -0.1) is 0 Å². The molecule has 2 amide bonds. The van der Waals surface area contributed by atoms with E-state index in [1.165, 1.54) is 7.05 Å². The molecule has 0 unspecified atom stereocenters. The summed E-state index contributed by atoms with van der Waals surface area (Å²) in [4.78, 5) is 25.4. The lowest BCUT2D eigenvalue weighted by Crippen LogP contribution is -2.24. The lowest BCUT2D eigenvalue weighted by Gasteiger charge is -2.08. The standard InChI is InChI=1S/C22H17ClN4O2/c1-12-20(15-5-6-16(10-24)19(23)9-15)13(2)27(25-12)11-14-4-7-17-18(8-14)22(29)26(3)21(17)28/h4-9H,11H2,1-3H3. The van der Waals surface area contributed by atoms with Gasteiger partial charge in [-0.25, -0.2) is 0 Å². The van der Waals surface area contributed by atoms with Crippen LogP contribution in [0.4, 0.5) is 0 Å². The first-order chi connectivity index (χ1) is 13.8. The van der Waals surface area contributed by atoms with Crippen molar-refractivity contribution in [3.63, 3.8) is 0 Å². The lowest BCUT2D eigenvalue weighted by atomic mass is 10.0. The van der Waals surface area contributed by atoms with Crippen molar-refractivity contribution in [3.8, 4) is 17.2 Å². The van der Waals surface area contributed by atoms with Crippen LogP contribution in [0.5, 0.6) is 0 Å². The van der Waals surface area contributed by atoms with Crippen LogP contribution in [0.2, 0.25) is 5.02 Å². The van der Waals surface area contributed by atoms with Crippen molar-refractivity contribution < 1.29 is 9.59 Å². The smallest absolute Gasteiger partial charge is 0.261 e. The minimum Gasteiger partial charge on any atom is -0.277 e. The number of hydrogen-bond acceptors (Lipinski definition) is 4. The molecule has 0 aliphatic carbocycles. The molecule has 1 aliphatic heterocycles. The van der Waals surface area contributed by atoms with Gasteiger partial charge in [0.25, 0.3) is 11.8 Å². The van der Waals surface area contributed by atoms with Gasteiger partial charge < -0.3 is 0 Å². The third kappa shape index (κ3) is 3.00. The number of imide groups is 1. The molecule has 1 aromatic heterocycles. The number of fused-ring (bicyclic) bond motifs is 1. The Morgan fingerprint density at radius 2 is 1.79 bits per heavy atom. The maximum Gasteiger partial charge on any atom is 0.261 e. The van der Waals surface area contributed by atoms with Gasteiger partial charge in [0.05, 0.1) is 34.0 Å². The minimum absolute atomic E-state index is 0.275. The van der Waals surface area contributed by atoms with Gasteiger partial charge in [0, 0.05) is 18.3 Å². The van der Waals surface area contributed by atoms with Crippen molar-refractivity contribution in [1.29, 1.82) is 5.26 Å². The molecule has 0 bridgehead atoms. The Hall–Kier alpha value is -3.43. The maximum absolute atomic E-state index is 12.3. The molecule has 0 fully saturated rings. The predicted molar refractivity (Wildman–Crippen MR) is 109 cm³/mol. The summed E-state index contributed by atoms with van der Waals surface area (Å²) in [5.74, 6) is -0.559. The third-order valence-electron chi connectivity index (χ3n) is 5.25. The van der Waals surface area contributed by atoms with E-state index in [1.54, 1.807) is 24.3 Å². The van der Waals surface area contributed by atoms with Gasteiger partial charge in [-0.3, -0.25) is 19.2 Å². The largest absolute Gasteiger partial charge is 0.277 e. The van der Waals surface area contributed by atoms with Crippen LogP contribution in [-0.4, -0.2) is 33.5 Å². The molecule has 1 aliphatic rings. The van der Waals surface area contributed by atoms with Gasteiger partial charge in [0.1, 0.15) is 6.07 Å². The van der Waals surface area contributed by atoms with Crippen LogP contribution in [-0.2, 0) is 6.54 Å². The molecule has 0 saturated carbocycles. The quantitative estimate of drug-likeness (QED) is 0.619. The summed E-state index contributed by atoms with van der Waals surface area (Å²) in [6.07, 6.45) is 0. The molecular weight excluding hydrogens is 388 g/mol. The van der Waals surface area contributed by atoms with Crippen LogP contribution in [0.3, 0.4) is 0 Å². The number of rotatable bonds is 3. The molecule has 2 aromatic carbocycles. The van der Waals surface area contributed by atoms with E-state index in [4.69, 9.17) is 16.9 Å². The van der Waals surface area contributed by atoms with E-state index in [0.29, 0.717) is 28.3 Å². The Kier molecular flexibility index (Phi) is 4.48. The number of hydrogen-bond donors (Lipinski definition) is 0. The molecule has 2 heterocycles. The molecule has 0 N–H and O–H groups in total. The SMILES string of the molecule is Cc1nn(Cc2ccc3c(c2)C(=O)N(C)C3=O)c(C)c1-c1ccc(C#N)c(Cl)c1. The average Bonchev–Trinajstić information content (AvgIpc) is 3.09. The van der Waals surface area contributed by atoms with Crippen molar-refractivity contribution >= 4 is 23.4 Å². The summed E-state index contributed by atoms with van der Waals surface area (Å²) >= 11 is 6.20. The van der Waals surface area contributed by atoms with Crippen LogP contribution in [0.15, 0.2) is 36.4 Å². The highest BCUT2D eigenvalue weighted by Crippen LogP contribution is 2.31. The molecule has 6 nitrogen and oxygen atoms in total. The predicted octanol–water partition coefficient (Wildman–Crippen LogP) is 3.97. The molecule has 0 radical (unpaired) electrons. The summed E-state index contributed by atoms with van der Waals surface area (Å²) in [5, 5.41) is 14.1. The maximum atomic E-state index is 12.3. The fourth-order valence-electron chi connectivity index (χ4n) is 3.71. The second-order valence-corrected chi connectivity index (χ2v) is 7.47. The minimum atomic E-state index is -0.284. The first-order valence-corrected chi connectivity index (χ1v) is 9.39. The van der Waals surface area contributed by atoms with E-state index in [-0.39, 0.29) is 11.8 Å². The molecule has 29 heavy (non-hydrogen) atoms. The monoisotopic (exact) mass is 404 g/mol. The summed E-state index contributed by atoms with van der Waals surface area (Å²) in [5.41, 5.74) is 5.82. The number of aromatic nitrogens is 2. The highest BCUT2D eigenvalue weighted by molar-refractivity contribution is 6.32. The third-order valence-corrected chi connectivity index (χ3v) is 5.56. The molecule has 0 saturated heterocycles. The van der Waals surface area contributed by atoms with Crippen molar-refractivity contribution in [2.24, 2.45) is 0 Å². The van der Waals surface area contributed by atoms with Crippen LogP contribution >= 0.6 is 11.6 Å². The summed E-state index contributed by atoms with van der Waals surface area (Å²) in [6, 6.07) is 12.7. The number of benzene rings is 2. The Balaban J connectivity index is 1.70. The zero-order valence-electron chi connectivity index (χ0n) is 16.2. The van der Waals surface area contributed by atoms with Gasteiger partial charge in [-0.1, -0.05) is 23.7 Å². The van der Waals surface area contributed by atoms with E-state index in [1.807, 2.05) is 30.7 Å². The van der Waals surface area contributed by atoms with Crippen LogP contribution in [0.25, 0.3) is 11.1 Å². The van der Waals surface area contributed by atoms with E-state index in [0.717, 1.165) is 33.0 Å².